The maximum absolute atomic E-state index is 5.33. The molecule has 1 atom stereocenters. The van der Waals surface area contributed by atoms with Gasteiger partial charge in [-0.25, -0.2) is 0 Å². The first kappa shape index (κ1) is 13.3. The van der Waals surface area contributed by atoms with Crippen molar-refractivity contribution in [2.45, 2.75) is 25.2 Å². The van der Waals surface area contributed by atoms with Crippen molar-refractivity contribution < 1.29 is 4.74 Å². The van der Waals surface area contributed by atoms with Crippen LogP contribution in [0.3, 0.4) is 0 Å². The zero-order chi connectivity index (χ0) is 13.9. The summed E-state index contributed by atoms with van der Waals surface area (Å²) < 4.78 is 5.33. The van der Waals surface area contributed by atoms with Gasteiger partial charge in [0.05, 0.1) is 13.7 Å². The van der Waals surface area contributed by atoms with Gasteiger partial charge in [-0.2, -0.15) is 0 Å². The summed E-state index contributed by atoms with van der Waals surface area (Å²) in [7, 11) is 3.83. The molecule has 0 aromatic heterocycles. The maximum Gasteiger partial charge on any atom is 0.193 e. The minimum atomic E-state index is 0.585. The molecule has 4 nitrogen and oxygen atoms in total. The second-order valence-electron chi connectivity index (χ2n) is 5.66. The lowest BCUT2D eigenvalue weighted by Gasteiger charge is -2.27. The lowest BCUT2D eigenvalue weighted by atomic mass is 9.82. The third-order valence-electron chi connectivity index (χ3n) is 4.35. The number of fused-ring (bicyclic) bond motifs is 1. The lowest BCUT2D eigenvalue weighted by molar-refractivity contribution is 0.412. The Labute approximate surface area is 120 Å². The van der Waals surface area contributed by atoms with Gasteiger partial charge in [0.15, 0.2) is 5.96 Å². The van der Waals surface area contributed by atoms with Crippen LogP contribution in [-0.2, 0) is 6.42 Å². The van der Waals surface area contributed by atoms with Crippen LogP contribution in [0, 0.1) is 0 Å². The quantitative estimate of drug-likeness (QED) is 0.915. The molecule has 0 spiro atoms. The summed E-state index contributed by atoms with van der Waals surface area (Å²) in [6.45, 7) is 2.92. The number of hydrogen-bond acceptors (Lipinski definition) is 4. The van der Waals surface area contributed by atoms with Gasteiger partial charge in [-0.15, -0.1) is 0 Å². The Hall–Kier alpha value is -1.71. The van der Waals surface area contributed by atoms with Gasteiger partial charge < -0.3 is 15.0 Å². The summed E-state index contributed by atoms with van der Waals surface area (Å²) in [5.41, 5.74) is 2.93. The Morgan fingerprint density at radius 2 is 2.35 bits per heavy atom. The van der Waals surface area contributed by atoms with Crippen molar-refractivity contribution in [2.75, 3.05) is 33.8 Å². The predicted octanol–water partition coefficient (Wildman–Crippen LogP) is 2.01. The van der Waals surface area contributed by atoms with E-state index in [0.29, 0.717) is 5.92 Å². The summed E-state index contributed by atoms with van der Waals surface area (Å²) >= 11 is 0. The van der Waals surface area contributed by atoms with Crippen LogP contribution in [0.1, 0.15) is 29.9 Å². The fourth-order valence-electron chi connectivity index (χ4n) is 3.17. The largest absolute Gasteiger partial charge is 0.497 e. The van der Waals surface area contributed by atoms with E-state index in [9.17, 15) is 0 Å². The zero-order valence-electron chi connectivity index (χ0n) is 12.4. The minimum Gasteiger partial charge on any atom is -0.497 e. The second kappa shape index (κ2) is 5.73. The molecule has 1 aromatic rings. The van der Waals surface area contributed by atoms with Gasteiger partial charge in [0, 0.05) is 26.1 Å². The van der Waals surface area contributed by atoms with E-state index in [1.807, 2.05) is 0 Å². The zero-order valence-corrected chi connectivity index (χ0v) is 12.4. The molecule has 1 aromatic carbocycles. The Morgan fingerprint density at radius 1 is 1.45 bits per heavy atom. The fraction of sp³-hybridized carbons (Fsp3) is 0.562. The average molecular weight is 273 g/mol. The number of ether oxygens (including phenoxy) is 1. The van der Waals surface area contributed by atoms with Gasteiger partial charge in [0.2, 0.25) is 0 Å². The first-order chi connectivity index (χ1) is 9.78. The summed E-state index contributed by atoms with van der Waals surface area (Å²) in [6, 6.07) is 6.51. The van der Waals surface area contributed by atoms with Crippen LogP contribution in [0.5, 0.6) is 5.75 Å². The van der Waals surface area contributed by atoms with E-state index >= 15 is 0 Å². The minimum absolute atomic E-state index is 0.585. The lowest BCUT2D eigenvalue weighted by Crippen LogP contribution is -2.38. The highest BCUT2D eigenvalue weighted by Crippen LogP contribution is 2.33. The monoisotopic (exact) mass is 273 g/mol. The normalized spacial score (nSPS) is 21.4. The van der Waals surface area contributed by atoms with E-state index in [1.165, 1.54) is 30.4 Å². The molecule has 0 amide bonds. The number of hydrogen-bond donors (Lipinski definition) is 1. The van der Waals surface area contributed by atoms with Crippen molar-refractivity contribution >= 4 is 5.96 Å². The molecule has 1 unspecified atom stereocenters. The van der Waals surface area contributed by atoms with Crippen LogP contribution in [0.2, 0.25) is 0 Å². The highest BCUT2D eigenvalue weighted by molar-refractivity contribution is 5.81. The number of guanidine groups is 1. The molecule has 108 valence electrons. The van der Waals surface area contributed by atoms with Gasteiger partial charge in [0.1, 0.15) is 5.75 Å². The first-order valence-electron chi connectivity index (χ1n) is 7.44. The molecular formula is C16H23N3O. The van der Waals surface area contributed by atoms with E-state index in [0.717, 1.165) is 31.3 Å². The molecule has 1 heterocycles. The highest BCUT2D eigenvalue weighted by Gasteiger charge is 2.22. The van der Waals surface area contributed by atoms with E-state index in [4.69, 9.17) is 4.74 Å². The van der Waals surface area contributed by atoms with Crippen molar-refractivity contribution in [1.82, 2.24) is 10.2 Å². The number of benzene rings is 1. The summed E-state index contributed by atoms with van der Waals surface area (Å²) in [6.07, 6.45) is 3.68. The molecule has 2 aliphatic rings. The van der Waals surface area contributed by atoms with Crippen molar-refractivity contribution in [2.24, 2.45) is 4.99 Å². The second-order valence-corrected chi connectivity index (χ2v) is 5.66. The van der Waals surface area contributed by atoms with Crippen molar-refractivity contribution in [1.29, 1.82) is 0 Å². The Kier molecular flexibility index (Phi) is 3.81. The standard InChI is InChI=1S/C16H23N3O/c1-19-9-8-17-16(19)18-11-13-5-3-4-12-10-14(20-2)6-7-15(12)13/h6-7,10,13H,3-5,8-9,11H2,1-2H3,(H,17,18). The van der Waals surface area contributed by atoms with E-state index in [1.54, 1.807) is 7.11 Å². The molecule has 1 aliphatic heterocycles. The van der Waals surface area contributed by atoms with Gasteiger partial charge in [-0.3, -0.25) is 4.99 Å². The number of likely N-dealkylation sites (N-methyl/N-ethyl adjacent to an activating group) is 1. The van der Waals surface area contributed by atoms with Crippen molar-refractivity contribution in [3.8, 4) is 5.75 Å². The smallest absolute Gasteiger partial charge is 0.193 e. The van der Waals surface area contributed by atoms with Crippen molar-refractivity contribution in [3.05, 3.63) is 29.3 Å². The van der Waals surface area contributed by atoms with E-state index in [-0.39, 0.29) is 0 Å². The summed E-state index contributed by atoms with van der Waals surface area (Å²) in [5, 5.41) is 3.52. The number of aliphatic imine (C=N–C) groups is 1. The van der Waals surface area contributed by atoms with E-state index in [2.05, 4.69) is 40.5 Å². The van der Waals surface area contributed by atoms with Gasteiger partial charge in [0.25, 0.3) is 0 Å². The summed E-state index contributed by atoms with van der Waals surface area (Å²) in [5.74, 6) is 2.60. The molecule has 4 heteroatoms. The van der Waals surface area contributed by atoms with Crippen LogP contribution in [0.4, 0.5) is 0 Å². The van der Waals surface area contributed by atoms with Gasteiger partial charge in [-0.05, 0) is 42.5 Å². The Balaban J connectivity index is 1.70. The average Bonchev–Trinajstić information content (AvgIpc) is 2.89. The molecule has 0 fully saturated rings. The van der Waals surface area contributed by atoms with Crippen LogP contribution in [-0.4, -0.2) is 44.7 Å². The highest BCUT2D eigenvalue weighted by atomic mass is 16.5. The van der Waals surface area contributed by atoms with Crippen LogP contribution < -0.4 is 10.1 Å². The van der Waals surface area contributed by atoms with Crippen LogP contribution >= 0.6 is 0 Å². The van der Waals surface area contributed by atoms with Gasteiger partial charge >= 0.3 is 0 Å². The first-order valence-corrected chi connectivity index (χ1v) is 7.44. The number of methoxy groups -OCH3 is 1. The third-order valence-corrected chi connectivity index (χ3v) is 4.35. The number of rotatable bonds is 3. The SMILES string of the molecule is COc1ccc2c(c1)CCCC2CNC1=NCCN1C. The maximum atomic E-state index is 5.33. The molecule has 0 radical (unpaired) electrons. The predicted molar refractivity (Wildman–Crippen MR) is 81.6 cm³/mol. The van der Waals surface area contributed by atoms with E-state index < -0.39 is 0 Å². The van der Waals surface area contributed by atoms with Crippen LogP contribution in [0.25, 0.3) is 0 Å². The molecule has 1 aliphatic carbocycles. The Bertz CT molecular complexity index is 512. The molecule has 3 rings (SSSR count). The Morgan fingerprint density at radius 3 is 3.10 bits per heavy atom. The summed E-state index contributed by atoms with van der Waals surface area (Å²) in [4.78, 5) is 6.69. The third kappa shape index (κ3) is 2.60. The number of aryl methyl sites for hydroxylation is 1. The molecular weight excluding hydrogens is 250 g/mol. The molecule has 0 saturated heterocycles. The van der Waals surface area contributed by atoms with Crippen LogP contribution in [0.15, 0.2) is 23.2 Å². The topological polar surface area (TPSA) is 36.9 Å². The van der Waals surface area contributed by atoms with Crippen molar-refractivity contribution in [3.63, 3.8) is 0 Å². The molecule has 0 saturated carbocycles. The fourth-order valence-corrected chi connectivity index (χ4v) is 3.17. The molecule has 0 bridgehead atoms. The number of nitrogens with one attached hydrogen (secondary N) is 1. The van der Waals surface area contributed by atoms with Gasteiger partial charge in [-0.1, -0.05) is 6.07 Å². The molecule has 20 heavy (non-hydrogen) atoms. The molecule has 1 N–H and O–H groups in total. The number of nitrogens with zero attached hydrogens (tertiary/aromatic N) is 2.